The van der Waals surface area contributed by atoms with E-state index in [2.05, 4.69) is 17.4 Å². The maximum Gasteiger partial charge on any atom is 0.229 e. The molecular formula is C21H24ClFN2O. The van der Waals surface area contributed by atoms with Crippen molar-refractivity contribution >= 4 is 18.3 Å². The van der Waals surface area contributed by atoms with Crippen LogP contribution in [0.2, 0.25) is 0 Å². The monoisotopic (exact) mass is 374 g/mol. The van der Waals surface area contributed by atoms with Gasteiger partial charge in [-0.15, -0.1) is 12.4 Å². The van der Waals surface area contributed by atoms with Gasteiger partial charge in [0, 0.05) is 19.0 Å². The molecule has 0 bridgehead atoms. The van der Waals surface area contributed by atoms with E-state index in [1.165, 1.54) is 12.1 Å². The highest BCUT2D eigenvalue weighted by molar-refractivity contribution is 5.87. The standard InChI is InChI=1S/C21H23FN2O.ClH/c22-18-8-6-17(7-9-18)19-15-24(14-16-4-2-1-3-5-16)20(25)21(19)10-12-23-13-11-21;/h1-9,19,23H,10-15H2;1H. The first-order valence-electron chi connectivity index (χ1n) is 8.98. The molecule has 0 radical (unpaired) electrons. The number of nitrogens with one attached hydrogen (secondary N) is 1. The molecule has 26 heavy (non-hydrogen) atoms. The number of amides is 1. The molecule has 2 aliphatic rings. The fourth-order valence-corrected chi connectivity index (χ4v) is 4.44. The van der Waals surface area contributed by atoms with E-state index in [0.29, 0.717) is 13.1 Å². The zero-order valence-electron chi connectivity index (χ0n) is 14.7. The third kappa shape index (κ3) is 3.36. The number of halogens is 2. The summed E-state index contributed by atoms with van der Waals surface area (Å²) >= 11 is 0. The van der Waals surface area contributed by atoms with Crippen molar-refractivity contribution in [3.8, 4) is 0 Å². The number of nitrogens with zero attached hydrogens (tertiary/aromatic N) is 1. The topological polar surface area (TPSA) is 32.3 Å². The van der Waals surface area contributed by atoms with Crippen molar-refractivity contribution in [1.29, 1.82) is 0 Å². The van der Waals surface area contributed by atoms with Crippen molar-refractivity contribution in [3.05, 3.63) is 71.5 Å². The molecule has 5 heteroatoms. The number of carbonyl (C=O) groups is 1. The van der Waals surface area contributed by atoms with Gasteiger partial charge in [0.05, 0.1) is 5.41 Å². The summed E-state index contributed by atoms with van der Waals surface area (Å²) in [6, 6.07) is 16.8. The molecular weight excluding hydrogens is 351 g/mol. The fourth-order valence-electron chi connectivity index (χ4n) is 4.44. The highest BCUT2D eigenvalue weighted by Crippen LogP contribution is 2.50. The minimum Gasteiger partial charge on any atom is -0.337 e. The molecule has 1 N–H and O–H groups in total. The predicted octanol–water partition coefficient (Wildman–Crippen LogP) is 3.74. The lowest BCUT2D eigenvalue weighted by Crippen LogP contribution is -2.44. The van der Waals surface area contributed by atoms with E-state index in [0.717, 1.165) is 37.1 Å². The Hall–Kier alpha value is -1.91. The number of piperidine rings is 1. The number of hydrogen-bond donors (Lipinski definition) is 1. The number of hydrogen-bond acceptors (Lipinski definition) is 2. The Bertz CT molecular complexity index is 744. The molecule has 0 aliphatic carbocycles. The molecule has 0 aromatic heterocycles. The van der Waals surface area contributed by atoms with Crippen molar-refractivity contribution in [1.82, 2.24) is 10.2 Å². The van der Waals surface area contributed by atoms with Gasteiger partial charge in [-0.25, -0.2) is 4.39 Å². The van der Waals surface area contributed by atoms with Gasteiger partial charge < -0.3 is 10.2 Å². The smallest absolute Gasteiger partial charge is 0.229 e. The van der Waals surface area contributed by atoms with Gasteiger partial charge in [-0.1, -0.05) is 42.5 Å². The quantitative estimate of drug-likeness (QED) is 0.887. The Balaban J connectivity index is 0.00000196. The van der Waals surface area contributed by atoms with E-state index in [1.807, 2.05) is 35.2 Å². The average molecular weight is 375 g/mol. The third-order valence-corrected chi connectivity index (χ3v) is 5.77. The molecule has 2 aromatic rings. The highest BCUT2D eigenvalue weighted by Gasteiger charge is 2.54. The van der Waals surface area contributed by atoms with Crippen LogP contribution >= 0.6 is 12.4 Å². The Morgan fingerprint density at radius 3 is 2.35 bits per heavy atom. The molecule has 1 amide bonds. The Kier molecular flexibility index (Phi) is 5.64. The predicted molar refractivity (Wildman–Crippen MR) is 103 cm³/mol. The van der Waals surface area contributed by atoms with Crippen LogP contribution in [-0.2, 0) is 11.3 Å². The second kappa shape index (κ2) is 7.77. The zero-order chi connectivity index (χ0) is 17.3. The summed E-state index contributed by atoms with van der Waals surface area (Å²) in [5.41, 5.74) is 1.88. The minimum atomic E-state index is -0.349. The van der Waals surface area contributed by atoms with Crippen LogP contribution < -0.4 is 5.32 Å². The Morgan fingerprint density at radius 2 is 1.69 bits per heavy atom. The normalized spacial score (nSPS) is 21.7. The lowest BCUT2D eigenvalue weighted by molar-refractivity contribution is -0.138. The van der Waals surface area contributed by atoms with E-state index in [9.17, 15) is 9.18 Å². The van der Waals surface area contributed by atoms with E-state index in [1.54, 1.807) is 0 Å². The van der Waals surface area contributed by atoms with Crippen molar-refractivity contribution in [2.24, 2.45) is 5.41 Å². The van der Waals surface area contributed by atoms with Gasteiger partial charge in [0.2, 0.25) is 5.91 Å². The van der Waals surface area contributed by atoms with Crippen molar-refractivity contribution in [3.63, 3.8) is 0 Å². The van der Waals surface area contributed by atoms with Crippen LogP contribution in [0.4, 0.5) is 4.39 Å². The lowest BCUT2D eigenvalue weighted by Gasteiger charge is -2.36. The molecule has 138 valence electrons. The summed E-state index contributed by atoms with van der Waals surface area (Å²) in [7, 11) is 0. The molecule has 2 aliphatic heterocycles. The maximum absolute atomic E-state index is 13.4. The van der Waals surface area contributed by atoms with Crippen molar-refractivity contribution in [2.75, 3.05) is 19.6 Å². The summed E-state index contributed by atoms with van der Waals surface area (Å²) in [5, 5.41) is 3.37. The first-order chi connectivity index (χ1) is 12.2. The third-order valence-electron chi connectivity index (χ3n) is 5.77. The van der Waals surface area contributed by atoms with Gasteiger partial charge in [-0.3, -0.25) is 4.79 Å². The van der Waals surface area contributed by atoms with E-state index in [-0.39, 0.29) is 35.5 Å². The molecule has 0 saturated carbocycles. The second-order valence-electron chi connectivity index (χ2n) is 7.18. The molecule has 4 rings (SSSR count). The zero-order valence-corrected chi connectivity index (χ0v) is 15.5. The largest absolute Gasteiger partial charge is 0.337 e. The SMILES string of the molecule is Cl.O=C1N(Cc2ccccc2)CC(c2ccc(F)cc2)C12CCNCC2. The molecule has 2 saturated heterocycles. The first-order valence-corrected chi connectivity index (χ1v) is 8.98. The molecule has 2 aromatic carbocycles. The summed E-state index contributed by atoms with van der Waals surface area (Å²) in [5.74, 6) is 0.159. The molecule has 2 heterocycles. The highest BCUT2D eigenvalue weighted by atomic mass is 35.5. The molecule has 2 fully saturated rings. The van der Waals surface area contributed by atoms with Gasteiger partial charge in [-0.2, -0.15) is 0 Å². The van der Waals surface area contributed by atoms with Crippen molar-refractivity contribution in [2.45, 2.75) is 25.3 Å². The summed E-state index contributed by atoms with van der Waals surface area (Å²) in [6.07, 6.45) is 1.69. The van der Waals surface area contributed by atoms with Crippen LogP contribution in [0.1, 0.15) is 29.9 Å². The van der Waals surface area contributed by atoms with Crippen LogP contribution in [0, 0.1) is 11.2 Å². The second-order valence-corrected chi connectivity index (χ2v) is 7.18. The van der Waals surface area contributed by atoms with Crippen LogP contribution in [0.3, 0.4) is 0 Å². The van der Waals surface area contributed by atoms with E-state index < -0.39 is 0 Å². The number of benzene rings is 2. The van der Waals surface area contributed by atoms with Crippen LogP contribution in [-0.4, -0.2) is 30.4 Å². The molecule has 1 atom stereocenters. The fraction of sp³-hybridized carbons (Fsp3) is 0.381. The van der Waals surface area contributed by atoms with E-state index >= 15 is 0 Å². The van der Waals surface area contributed by atoms with Gasteiger partial charge in [-0.05, 0) is 49.2 Å². The molecule has 1 spiro atoms. The van der Waals surface area contributed by atoms with Crippen LogP contribution in [0.5, 0.6) is 0 Å². The minimum absolute atomic E-state index is 0. The van der Waals surface area contributed by atoms with Gasteiger partial charge in [0.15, 0.2) is 0 Å². The van der Waals surface area contributed by atoms with Gasteiger partial charge in [0.1, 0.15) is 5.82 Å². The van der Waals surface area contributed by atoms with Crippen LogP contribution in [0.15, 0.2) is 54.6 Å². The van der Waals surface area contributed by atoms with Crippen molar-refractivity contribution < 1.29 is 9.18 Å². The molecule has 3 nitrogen and oxygen atoms in total. The summed E-state index contributed by atoms with van der Waals surface area (Å²) < 4.78 is 13.4. The van der Waals surface area contributed by atoms with Gasteiger partial charge >= 0.3 is 0 Å². The Labute approximate surface area is 160 Å². The first kappa shape index (κ1) is 18.9. The summed E-state index contributed by atoms with van der Waals surface area (Å²) in [4.78, 5) is 15.4. The number of carbonyl (C=O) groups excluding carboxylic acids is 1. The number of rotatable bonds is 3. The van der Waals surface area contributed by atoms with E-state index in [4.69, 9.17) is 0 Å². The average Bonchev–Trinajstić information content (AvgIpc) is 2.90. The molecule has 1 unspecified atom stereocenters. The summed E-state index contributed by atoms with van der Waals surface area (Å²) in [6.45, 7) is 3.08. The van der Waals surface area contributed by atoms with Crippen LogP contribution in [0.25, 0.3) is 0 Å². The van der Waals surface area contributed by atoms with Gasteiger partial charge in [0.25, 0.3) is 0 Å². The lowest BCUT2D eigenvalue weighted by atomic mass is 9.68. The number of likely N-dealkylation sites (tertiary alicyclic amines) is 1. The maximum atomic E-state index is 13.4. The Morgan fingerprint density at radius 1 is 1.04 bits per heavy atom.